The van der Waals surface area contributed by atoms with E-state index in [1.165, 1.54) is 0 Å². The summed E-state index contributed by atoms with van der Waals surface area (Å²) >= 11 is 3.43. The molecule has 0 radical (unpaired) electrons. The number of fused-ring (bicyclic) bond motifs is 1. The van der Waals surface area contributed by atoms with Crippen molar-refractivity contribution in [3.8, 4) is 0 Å². The quantitative estimate of drug-likeness (QED) is 0.794. The fourth-order valence-corrected chi connectivity index (χ4v) is 2.46. The van der Waals surface area contributed by atoms with Crippen LogP contribution < -0.4 is 5.32 Å². The summed E-state index contributed by atoms with van der Waals surface area (Å²) in [6, 6.07) is 15.6. The number of amides is 1. The highest BCUT2D eigenvalue weighted by Gasteiger charge is 2.22. The Kier molecular flexibility index (Phi) is 2.76. The van der Waals surface area contributed by atoms with E-state index < -0.39 is 0 Å². The Morgan fingerprint density at radius 1 is 1.06 bits per heavy atom. The Labute approximate surface area is 113 Å². The molecule has 1 N–H and O–H groups in total. The van der Waals surface area contributed by atoms with E-state index in [9.17, 15) is 4.79 Å². The maximum Gasteiger partial charge on any atom is 0.256 e. The van der Waals surface area contributed by atoms with Crippen molar-refractivity contribution in [2.75, 3.05) is 5.32 Å². The summed E-state index contributed by atoms with van der Waals surface area (Å²) in [5.41, 5.74) is 3.56. The Balaban J connectivity index is 2.10. The molecule has 1 amide bonds. The summed E-state index contributed by atoms with van der Waals surface area (Å²) in [6.45, 7) is 0. The van der Waals surface area contributed by atoms with E-state index in [0.29, 0.717) is 5.57 Å². The molecule has 0 unspecified atom stereocenters. The van der Waals surface area contributed by atoms with Crippen LogP contribution in [0.25, 0.3) is 11.6 Å². The van der Waals surface area contributed by atoms with Crippen molar-refractivity contribution in [1.82, 2.24) is 0 Å². The second kappa shape index (κ2) is 4.42. The fourth-order valence-electron chi connectivity index (χ4n) is 2.05. The van der Waals surface area contributed by atoms with E-state index in [2.05, 4.69) is 21.2 Å². The van der Waals surface area contributed by atoms with E-state index in [0.717, 1.165) is 21.3 Å². The van der Waals surface area contributed by atoms with E-state index >= 15 is 0 Å². The Bertz CT molecular complexity index is 661. The van der Waals surface area contributed by atoms with Gasteiger partial charge in [-0.25, -0.2) is 0 Å². The number of carbonyl (C=O) groups is 1. The predicted octanol–water partition coefficient (Wildman–Crippen LogP) is 3.94. The first-order valence-electron chi connectivity index (χ1n) is 5.62. The first-order chi connectivity index (χ1) is 8.74. The summed E-state index contributed by atoms with van der Waals surface area (Å²) in [7, 11) is 0. The van der Waals surface area contributed by atoms with Crippen molar-refractivity contribution >= 4 is 39.2 Å². The Morgan fingerprint density at radius 3 is 2.72 bits per heavy atom. The van der Waals surface area contributed by atoms with Gasteiger partial charge in [-0.15, -0.1) is 0 Å². The van der Waals surface area contributed by atoms with Crippen LogP contribution in [-0.4, -0.2) is 5.91 Å². The molecule has 0 bridgehead atoms. The second-order valence-corrected chi connectivity index (χ2v) is 5.03. The summed E-state index contributed by atoms with van der Waals surface area (Å²) < 4.78 is 1.00. The van der Waals surface area contributed by atoms with Gasteiger partial charge in [-0.1, -0.05) is 46.3 Å². The first-order valence-corrected chi connectivity index (χ1v) is 6.41. The topological polar surface area (TPSA) is 29.1 Å². The molecule has 0 atom stereocenters. The highest BCUT2D eigenvalue weighted by molar-refractivity contribution is 9.10. The molecular weight excluding hydrogens is 290 g/mol. The molecule has 1 heterocycles. The van der Waals surface area contributed by atoms with E-state index in [-0.39, 0.29) is 5.91 Å². The van der Waals surface area contributed by atoms with Crippen molar-refractivity contribution in [1.29, 1.82) is 0 Å². The third-order valence-corrected chi connectivity index (χ3v) is 3.36. The van der Waals surface area contributed by atoms with Gasteiger partial charge in [0.05, 0.1) is 0 Å². The van der Waals surface area contributed by atoms with Crippen LogP contribution in [0.5, 0.6) is 0 Å². The predicted molar refractivity (Wildman–Crippen MR) is 77.1 cm³/mol. The van der Waals surface area contributed by atoms with Gasteiger partial charge in [0.15, 0.2) is 0 Å². The first kappa shape index (κ1) is 11.2. The van der Waals surface area contributed by atoms with Crippen LogP contribution in [0.2, 0.25) is 0 Å². The minimum Gasteiger partial charge on any atom is -0.321 e. The molecule has 88 valence electrons. The minimum atomic E-state index is -0.0452. The molecule has 0 saturated heterocycles. The van der Waals surface area contributed by atoms with E-state index in [4.69, 9.17) is 0 Å². The largest absolute Gasteiger partial charge is 0.321 e. The smallest absolute Gasteiger partial charge is 0.256 e. The minimum absolute atomic E-state index is 0.0452. The number of anilines is 1. The maximum atomic E-state index is 11.9. The van der Waals surface area contributed by atoms with Crippen molar-refractivity contribution in [3.63, 3.8) is 0 Å². The van der Waals surface area contributed by atoms with Gasteiger partial charge in [-0.2, -0.15) is 0 Å². The second-order valence-electron chi connectivity index (χ2n) is 4.11. The number of nitrogens with one attached hydrogen (secondary N) is 1. The van der Waals surface area contributed by atoms with Crippen molar-refractivity contribution in [2.24, 2.45) is 0 Å². The van der Waals surface area contributed by atoms with Crippen LogP contribution in [0.15, 0.2) is 53.0 Å². The van der Waals surface area contributed by atoms with Gasteiger partial charge in [-0.3, -0.25) is 4.79 Å². The van der Waals surface area contributed by atoms with Crippen LogP contribution in [0.3, 0.4) is 0 Å². The lowest BCUT2D eigenvalue weighted by molar-refractivity contribution is -0.110. The number of hydrogen-bond donors (Lipinski definition) is 1. The van der Waals surface area contributed by atoms with Gasteiger partial charge < -0.3 is 5.32 Å². The average Bonchev–Trinajstić information content (AvgIpc) is 2.66. The average molecular weight is 300 g/mol. The van der Waals surface area contributed by atoms with Gasteiger partial charge in [0.1, 0.15) is 0 Å². The summed E-state index contributed by atoms with van der Waals surface area (Å²) in [6.07, 6.45) is 1.91. The highest BCUT2D eigenvalue weighted by atomic mass is 79.9. The van der Waals surface area contributed by atoms with Crippen LogP contribution in [0.4, 0.5) is 5.69 Å². The Morgan fingerprint density at radius 2 is 1.89 bits per heavy atom. The molecule has 1 aliphatic rings. The zero-order chi connectivity index (χ0) is 12.5. The number of rotatable bonds is 1. The molecule has 3 rings (SSSR count). The van der Waals surface area contributed by atoms with Crippen LogP contribution in [-0.2, 0) is 4.79 Å². The molecule has 1 aliphatic heterocycles. The lowest BCUT2D eigenvalue weighted by Gasteiger charge is -1.99. The number of para-hydroxylation sites is 1. The molecular formula is C15H10BrNO. The summed E-state index contributed by atoms with van der Waals surface area (Å²) in [5, 5.41) is 2.86. The van der Waals surface area contributed by atoms with E-state index in [1.54, 1.807) is 0 Å². The van der Waals surface area contributed by atoms with Gasteiger partial charge in [0.2, 0.25) is 0 Å². The molecule has 0 saturated carbocycles. The third-order valence-electron chi connectivity index (χ3n) is 2.87. The van der Waals surface area contributed by atoms with Crippen LogP contribution in [0.1, 0.15) is 11.1 Å². The molecule has 3 heteroatoms. The van der Waals surface area contributed by atoms with Crippen LogP contribution >= 0.6 is 15.9 Å². The third kappa shape index (κ3) is 1.97. The molecule has 2 aromatic rings. The maximum absolute atomic E-state index is 11.9. The van der Waals surface area contributed by atoms with Gasteiger partial charge in [0, 0.05) is 21.3 Å². The monoisotopic (exact) mass is 299 g/mol. The zero-order valence-corrected chi connectivity index (χ0v) is 11.1. The number of benzene rings is 2. The van der Waals surface area contributed by atoms with Gasteiger partial charge in [0.25, 0.3) is 5.91 Å². The number of carbonyl (C=O) groups excluding carboxylic acids is 1. The van der Waals surface area contributed by atoms with Crippen molar-refractivity contribution < 1.29 is 4.79 Å². The van der Waals surface area contributed by atoms with Crippen molar-refractivity contribution in [2.45, 2.75) is 0 Å². The molecule has 2 aromatic carbocycles. The van der Waals surface area contributed by atoms with Crippen LogP contribution in [0, 0.1) is 0 Å². The van der Waals surface area contributed by atoms with E-state index in [1.807, 2.05) is 54.6 Å². The molecule has 0 aromatic heterocycles. The lowest BCUT2D eigenvalue weighted by atomic mass is 10.0. The summed E-state index contributed by atoms with van der Waals surface area (Å²) in [4.78, 5) is 11.9. The standard InChI is InChI=1S/C15H10BrNO/c16-11-5-3-4-10(8-11)9-13-12-6-1-2-7-14(12)17-15(13)18/h1-9H,(H,17,18). The fraction of sp³-hybridized carbons (Fsp3) is 0. The molecule has 2 nitrogen and oxygen atoms in total. The van der Waals surface area contributed by atoms with Gasteiger partial charge >= 0.3 is 0 Å². The van der Waals surface area contributed by atoms with Gasteiger partial charge in [-0.05, 0) is 29.8 Å². The SMILES string of the molecule is O=C1Nc2ccccc2C1=Cc1cccc(Br)c1. The summed E-state index contributed by atoms with van der Waals surface area (Å²) in [5.74, 6) is -0.0452. The number of halogens is 1. The lowest BCUT2D eigenvalue weighted by Crippen LogP contribution is -2.03. The molecule has 0 aliphatic carbocycles. The molecule has 0 spiro atoms. The number of hydrogen-bond acceptors (Lipinski definition) is 1. The van der Waals surface area contributed by atoms with Crippen molar-refractivity contribution in [3.05, 3.63) is 64.1 Å². The zero-order valence-electron chi connectivity index (χ0n) is 9.48. The molecule has 18 heavy (non-hydrogen) atoms. The Hall–Kier alpha value is -1.87. The molecule has 0 fully saturated rings. The highest BCUT2D eigenvalue weighted by Crippen LogP contribution is 2.32. The normalized spacial score (nSPS) is 15.6.